The normalized spacial score (nSPS) is 14.6. The molecule has 2 heterocycles. The monoisotopic (exact) mass is 344 g/mol. The first kappa shape index (κ1) is 16.4. The summed E-state index contributed by atoms with van der Waals surface area (Å²) in [6.45, 7) is -0.0261. The van der Waals surface area contributed by atoms with Gasteiger partial charge in [-0.2, -0.15) is 11.3 Å². The van der Waals surface area contributed by atoms with E-state index >= 15 is 0 Å². The van der Waals surface area contributed by atoms with Gasteiger partial charge in [-0.25, -0.2) is 0 Å². The number of nitrogens with one attached hydrogen (secondary N) is 1. The molecular formula is C17H16N2O4S. The topological polar surface area (TPSA) is 75.7 Å². The van der Waals surface area contributed by atoms with Crippen LogP contribution in [0, 0.1) is 0 Å². The average Bonchev–Trinajstić information content (AvgIpc) is 3.20. The van der Waals surface area contributed by atoms with Crippen molar-refractivity contribution in [2.24, 2.45) is 0 Å². The summed E-state index contributed by atoms with van der Waals surface area (Å²) in [5.74, 6) is -1.28. The number of carbonyl (C=O) groups excluding carboxylic acids is 3. The molecule has 24 heavy (non-hydrogen) atoms. The number of hydrogen-bond donors (Lipinski definition) is 1. The zero-order chi connectivity index (χ0) is 17.1. The molecule has 0 bridgehead atoms. The van der Waals surface area contributed by atoms with Crippen LogP contribution in [-0.2, 0) is 9.53 Å². The predicted molar refractivity (Wildman–Crippen MR) is 88.9 cm³/mol. The van der Waals surface area contributed by atoms with E-state index in [1.807, 2.05) is 16.8 Å². The Morgan fingerprint density at radius 2 is 1.88 bits per heavy atom. The fourth-order valence-corrected chi connectivity index (χ4v) is 3.29. The maximum atomic E-state index is 12.2. The predicted octanol–water partition coefficient (Wildman–Crippen LogP) is 1.85. The second kappa shape index (κ2) is 6.94. The molecule has 0 radical (unpaired) electrons. The van der Waals surface area contributed by atoms with Crippen LogP contribution in [0.1, 0.15) is 32.4 Å². The van der Waals surface area contributed by atoms with Crippen molar-refractivity contribution < 1.29 is 19.1 Å². The number of fused-ring (bicyclic) bond motifs is 1. The van der Waals surface area contributed by atoms with E-state index in [4.69, 9.17) is 4.74 Å². The highest BCUT2D eigenvalue weighted by Gasteiger charge is 2.36. The third kappa shape index (κ3) is 3.08. The lowest BCUT2D eigenvalue weighted by molar-refractivity contribution is -0.122. The van der Waals surface area contributed by atoms with Crippen LogP contribution >= 0.6 is 11.3 Å². The van der Waals surface area contributed by atoms with Crippen LogP contribution in [0.15, 0.2) is 41.1 Å². The zero-order valence-corrected chi connectivity index (χ0v) is 13.8. The van der Waals surface area contributed by atoms with E-state index in [0.29, 0.717) is 11.1 Å². The van der Waals surface area contributed by atoms with Gasteiger partial charge in [0.2, 0.25) is 5.91 Å². The molecule has 1 N–H and O–H groups in total. The van der Waals surface area contributed by atoms with Gasteiger partial charge in [-0.15, -0.1) is 0 Å². The second-order valence-electron chi connectivity index (χ2n) is 5.33. The molecule has 1 aliphatic heterocycles. The standard InChI is InChI=1S/C17H16N2O4S/c1-23-14(11-6-7-24-10-11)8-18-15(20)9-19-16(21)12-4-2-3-5-13(12)17(19)22/h2-7,10,14H,8-9H2,1H3,(H,18,20). The van der Waals surface area contributed by atoms with Gasteiger partial charge in [-0.3, -0.25) is 19.3 Å². The van der Waals surface area contributed by atoms with Crippen molar-refractivity contribution in [3.05, 3.63) is 57.8 Å². The van der Waals surface area contributed by atoms with E-state index in [1.54, 1.807) is 42.7 Å². The van der Waals surface area contributed by atoms with Crippen LogP contribution in [0.3, 0.4) is 0 Å². The third-order valence-electron chi connectivity index (χ3n) is 3.86. The Bertz CT molecular complexity index is 738. The van der Waals surface area contributed by atoms with Crippen molar-refractivity contribution in [1.82, 2.24) is 10.2 Å². The van der Waals surface area contributed by atoms with Gasteiger partial charge in [-0.1, -0.05) is 12.1 Å². The minimum Gasteiger partial charge on any atom is -0.375 e. The fraction of sp³-hybridized carbons (Fsp3) is 0.235. The molecule has 6 nitrogen and oxygen atoms in total. The summed E-state index contributed by atoms with van der Waals surface area (Å²) in [7, 11) is 1.57. The van der Waals surface area contributed by atoms with E-state index in [2.05, 4.69) is 5.32 Å². The van der Waals surface area contributed by atoms with Crippen LogP contribution in [-0.4, -0.2) is 42.8 Å². The van der Waals surface area contributed by atoms with Crippen molar-refractivity contribution in [2.75, 3.05) is 20.2 Å². The van der Waals surface area contributed by atoms with Gasteiger partial charge in [0.15, 0.2) is 0 Å². The van der Waals surface area contributed by atoms with Gasteiger partial charge < -0.3 is 10.1 Å². The highest BCUT2D eigenvalue weighted by atomic mass is 32.1. The number of methoxy groups -OCH3 is 1. The van der Waals surface area contributed by atoms with Gasteiger partial charge in [0.05, 0.1) is 11.1 Å². The summed E-state index contributed by atoms with van der Waals surface area (Å²) in [5.41, 5.74) is 1.65. The van der Waals surface area contributed by atoms with Crippen molar-refractivity contribution in [3.8, 4) is 0 Å². The molecule has 1 aromatic heterocycles. The Morgan fingerprint density at radius 1 is 1.21 bits per heavy atom. The van der Waals surface area contributed by atoms with Gasteiger partial charge in [0.25, 0.3) is 11.8 Å². The van der Waals surface area contributed by atoms with Gasteiger partial charge in [-0.05, 0) is 34.5 Å². The zero-order valence-electron chi connectivity index (χ0n) is 13.0. The molecule has 3 amide bonds. The number of amides is 3. The van der Waals surface area contributed by atoms with Crippen molar-refractivity contribution >= 4 is 29.1 Å². The van der Waals surface area contributed by atoms with Crippen molar-refractivity contribution in [2.45, 2.75) is 6.10 Å². The molecule has 0 spiro atoms. The number of thiophene rings is 1. The Morgan fingerprint density at radius 3 is 2.42 bits per heavy atom. The number of nitrogens with zero attached hydrogens (tertiary/aromatic N) is 1. The number of imide groups is 1. The van der Waals surface area contributed by atoms with Crippen LogP contribution in [0.2, 0.25) is 0 Å². The van der Waals surface area contributed by atoms with E-state index in [1.165, 1.54) is 0 Å². The number of benzene rings is 1. The molecule has 7 heteroatoms. The first-order valence-corrected chi connectivity index (χ1v) is 8.33. The van der Waals surface area contributed by atoms with Gasteiger partial charge >= 0.3 is 0 Å². The Hall–Kier alpha value is -2.51. The Kier molecular flexibility index (Phi) is 4.73. The van der Waals surface area contributed by atoms with Crippen molar-refractivity contribution in [3.63, 3.8) is 0 Å². The first-order valence-electron chi connectivity index (χ1n) is 7.38. The van der Waals surface area contributed by atoms with E-state index in [-0.39, 0.29) is 19.2 Å². The second-order valence-corrected chi connectivity index (χ2v) is 6.11. The number of carbonyl (C=O) groups is 3. The molecule has 124 valence electrons. The van der Waals surface area contributed by atoms with E-state index in [0.717, 1.165) is 10.5 Å². The molecule has 3 rings (SSSR count). The highest BCUT2D eigenvalue weighted by Crippen LogP contribution is 2.22. The number of ether oxygens (including phenoxy) is 1. The third-order valence-corrected chi connectivity index (χ3v) is 4.57. The van der Waals surface area contributed by atoms with E-state index < -0.39 is 17.7 Å². The summed E-state index contributed by atoms with van der Waals surface area (Å²) < 4.78 is 5.35. The largest absolute Gasteiger partial charge is 0.375 e. The summed E-state index contributed by atoms with van der Waals surface area (Å²) in [5, 5.41) is 6.59. The lowest BCUT2D eigenvalue weighted by Gasteiger charge is -2.17. The molecule has 0 saturated heterocycles. The van der Waals surface area contributed by atoms with Gasteiger partial charge in [0.1, 0.15) is 12.6 Å². The molecule has 2 aromatic rings. The minimum atomic E-state index is -0.438. The van der Waals surface area contributed by atoms with Crippen LogP contribution in [0.25, 0.3) is 0 Å². The molecule has 1 aliphatic rings. The maximum Gasteiger partial charge on any atom is 0.262 e. The molecule has 0 aliphatic carbocycles. The average molecular weight is 344 g/mol. The Balaban J connectivity index is 1.60. The molecular weight excluding hydrogens is 328 g/mol. The van der Waals surface area contributed by atoms with Crippen LogP contribution < -0.4 is 5.32 Å². The minimum absolute atomic E-state index is 0.262. The molecule has 0 fully saturated rings. The molecule has 1 atom stereocenters. The summed E-state index contributed by atoms with van der Waals surface area (Å²) in [4.78, 5) is 37.5. The van der Waals surface area contributed by atoms with Crippen LogP contribution in [0.4, 0.5) is 0 Å². The number of rotatable bonds is 6. The van der Waals surface area contributed by atoms with Gasteiger partial charge in [0, 0.05) is 13.7 Å². The molecule has 0 saturated carbocycles. The van der Waals surface area contributed by atoms with E-state index in [9.17, 15) is 14.4 Å². The fourth-order valence-electron chi connectivity index (χ4n) is 2.58. The Labute approximate surface area is 143 Å². The lowest BCUT2D eigenvalue weighted by atomic mass is 10.1. The highest BCUT2D eigenvalue weighted by molar-refractivity contribution is 7.07. The lowest BCUT2D eigenvalue weighted by Crippen LogP contribution is -2.41. The smallest absolute Gasteiger partial charge is 0.262 e. The summed E-state index contributed by atoms with van der Waals surface area (Å²) in [6.07, 6.45) is -0.262. The summed E-state index contributed by atoms with van der Waals surface area (Å²) >= 11 is 1.55. The van der Waals surface area contributed by atoms with Crippen molar-refractivity contribution in [1.29, 1.82) is 0 Å². The van der Waals surface area contributed by atoms with Crippen LogP contribution in [0.5, 0.6) is 0 Å². The number of hydrogen-bond acceptors (Lipinski definition) is 5. The quantitative estimate of drug-likeness (QED) is 0.812. The SMILES string of the molecule is COC(CNC(=O)CN1C(=O)c2ccccc2C1=O)c1ccsc1. The maximum absolute atomic E-state index is 12.2. The first-order chi connectivity index (χ1) is 11.6. The summed E-state index contributed by atoms with van der Waals surface area (Å²) in [6, 6.07) is 8.49. The molecule has 1 aromatic carbocycles. The molecule has 1 unspecified atom stereocenters.